The third kappa shape index (κ3) is 9.53. The lowest BCUT2D eigenvalue weighted by atomic mass is 9.98. The van der Waals surface area contributed by atoms with Gasteiger partial charge in [-0.3, -0.25) is 19.2 Å². The Morgan fingerprint density at radius 3 is 1.97 bits per heavy atom. The van der Waals surface area contributed by atoms with E-state index >= 15 is 0 Å². The number of alkyl halides is 1. The van der Waals surface area contributed by atoms with Gasteiger partial charge in [0.15, 0.2) is 12.2 Å². The molecule has 0 amide bonds. The number of hydrogen-bond acceptors (Lipinski definition) is 13. The van der Waals surface area contributed by atoms with Gasteiger partial charge >= 0.3 is 29.8 Å². The Morgan fingerprint density at radius 1 is 0.872 bits per heavy atom. The fraction of sp³-hybridized carbons (Fsp3) is 0.520. The van der Waals surface area contributed by atoms with Crippen molar-refractivity contribution in [2.45, 2.75) is 71.0 Å². The molecule has 1 fully saturated rings. The smallest absolute Gasteiger partial charge is 0.345 e. The second-order valence-electron chi connectivity index (χ2n) is 8.19. The van der Waals surface area contributed by atoms with E-state index in [1.807, 2.05) is 0 Å². The van der Waals surface area contributed by atoms with Gasteiger partial charge in [-0.15, -0.1) is 0 Å². The molecule has 2 rings (SSSR count). The first kappa shape index (κ1) is 31.0. The molecule has 39 heavy (non-hydrogen) atoms. The van der Waals surface area contributed by atoms with Crippen molar-refractivity contribution < 1.29 is 61.5 Å². The molecule has 1 saturated heterocycles. The first-order valence-corrected chi connectivity index (χ1v) is 11.7. The standard InChI is InChI=1S/C25H28FNO12/c1-13(28)34-12-19-21(35-14(2)29)22(36-15(3)30)23(37-16(4)31)25(39-19)38-18-8-6-17(7-9-18)20(26)24(32)33-11-5-10-27/h6-9,19-23,25H,5,11-12H2,1-4H3/t19-,20?,21-,22+,23-,25+/m1/s1. The fourth-order valence-electron chi connectivity index (χ4n) is 3.54. The summed E-state index contributed by atoms with van der Waals surface area (Å²) in [6, 6.07) is 6.82. The van der Waals surface area contributed by atoms with Gasteiger partial charge < -0.3 is 33.2 Å². The minimum atomic E-state index is -2.12. The summed E-state index contributed by atoms with van der Waals surface area (Å²) in [5, 5.41) is 8.49. The Kier molecular flexibility index (Phi) is 11.6. The highest BCUT2D eigenvalue weighted by Gasteiger charge is 2.53. The average molecular weight is 553 g/mol. The van der Waals surface area contributed by atoms with Gasteiger partial charge in [-0.1, -0.05) is 12.1 Å². The predicted octanol–water partition coefficient (Wildman–Crippen LogP) is 1.62. The summed E-state index contributed by atoms with van der Waals surface area (Å²) < 4.78 is 51.7. The molecular weight excluding hydrogens is 525 g/mol. The van der Waals surface area contributed by atoms with E-state index in [1.165, 1.54) is 24.3 Å². The van der Waals surface area contributed by atoms with E-state index in [4.69, 9.17) is 33.7 Å². The number of halogens is 1. The summed E-state index contributed by atoms with van der Waals surface area (Å²) in [7, 11) is 0. The first-order valence-electron chi connectivity index (χ1n) is 11.7. The molecule has 0 bridgehead atoms. The summed E-state index contributed by atoms with van der Waals surface area (Å²) in [6.07, 6.45) is -9.12. The third-order valence-electron chi connectivity index (χ3n) is 5.04. The van der Waals surface area contributed by atoms with Crippen LogP contribution in [0.15, 0.2) is 24.3 Å². The summed E-state index contributed by atoms with van der Waals surface area (Å²) in [6.45, 7) is 3.71. The Morgan fingerprint density at radius 2 is 1.44 bits per heavy atom. The topological polar surface area (TPSA) is 174 Å². The SMILES string of the molecule is CC(=O)OC[C@H]1O[C@H](Oc2ccc(C(F)C(=O)OCCC#N)cc2)[C@H](OC(C)=O)[C@@H](OC(C)=O)[C@@H]1OC(C)=O. The zero-order valence-electron chi connectivity index (χ0n) is 21.6. The second-order valence-corrected chi connectivity index (χ2v) is 8.19. The molecule has 0 aliphatic carbocycles. The van der Waals surface area contributed by atoms with E-state index < -0.39 is 73.3 Å². The maximum atomic E-state index is 14.5. The van der Waals surface area contributed by atoms with E-state index in [1.54, 1.807) is 6.07 Å². The van der Waals surface area contributed by atoms with Crippen LogP contribution in [0.3, 0.4) is 0 Å². The van der Waals surface area contributed by atoms with Gasteiger partial charge in [0.1, 0.15) is 25.1 Å². The Bertz CT molecular complexity index is 1090. The lowest BCUT2D eigenvalue weighted by Crippen LogP contribution is -2.63. The van der Waals surface area contributed by atoms with Crippen LogP contribution in [0, 0.1) is 11.3 Å². The molecule has 0 N–H and O–H groups in total. The van der Waals surface area contributed by atoms with Gasteiger partial charge in [-0.2, -0.15) is 5.26 Å². The van der Waals surface area contributed by atoms with Crippen molar-refractivity contribution in [3.05, 3.63) is 29.8 Å². The maximum Gasteiger partial charge on any atom is 0.345 e. The molecule has 0 aromatic heterocycles. The molecule has 1 aliphatic heterocycles. The third-order valence-corrected chi connectivity index (χ3v) is 5.04. The number of nitrogens with zero attached hydrogens (tertiary/aromatic N) is 1. The van der Waals surface area contributed by atoms with Crippen molar-refractivity contribution in [2.75, 3.05) is 13.2 Å². The molecule has 0 spiro atoms. The van der Waals surface area contributed by atoms with E-state index in [0.717, 1.165) is 27.7 Å². The molecule has 0 radical (unpaired) electrons. The molecular formula is C25H28FNO12. The zero-order valence-corrected chi connectivity index (χ0v) is 21.6. The van der Waals surface area contributed by atoms with Crippen LogP contribution in [0.2, 0.25) is 0 Å². The molecule has 6 atom stereocenters. The highest BCUT2D eigenvalue weighted by Crippen LogP contribution is 2.31. The molecule has 14 heteroatoms. The Hall–Kier alpha value is -4.25. The fourth-order valence-corrected chi connectivity index (χ4v) is 3.54. The van der Waals surface area contributed by atoms with Gasteiger partial charge in [-0.05, 0) is 17.7 Å². The molecule has 1 aliphatic rings. The van der Waals surface area contributed by atoms with Crippen LogP contribution < -0.4 is 4.74 Å². The van der Waals surface area contributed by atoms with E-state index in [0.29, 0.717) is 0 Å². The number of carbonyl (C=O) groups is 5. The van der Waals surface area contributed by atoms with Crippen LogP contribution in [0.5, 0.6) is 5.75 Å². The van der Waals surface area contributed by atoms with Gasteiger partial charge in [0, 0.05) is 27.7 Å². The Balaban J connectivity index is 2.34. The molecule has 13 nitrogen and oxygen atoms in total. The van der Waals surface area contributed by atoms with Crippen molar-refractivity contribution >= 4 is 29.8 Å². The van der Waals surface area contributed by atoms with Crippen LogP contribution in [-0.2, 0) is 52.4 Å². The van der Waals surface area contributed by atoms with Crippen LogP contribution in [0.25, 0.3) is 0 Å². The lowest BCUT2D eigenvalue weighted by molar-refractivity contribution is -0.288. The van der Waals surface area contributed by atoms with Crippen LogP contribution in [0.4, 0.5) is 4.39 Å². The molecule has 0 saturated carbocycles. The number of ether oxygens (including phenoxy) is 7. The van der Waals surface area contributed by atoms with E-state index in [2.05, 4.69) is 4.74 Å². The molecule has 1 unspecified atom stereocenters. The van der Waals surface area contributed by atoms with Crippen molar-refractivity contribution in [1.82, 2.24) is 0 Å². The Labute approximate surface area is 223 Å². The first-order chi connectivity index (χ1) is 18.4. The van der Waals surface area contributed by atoms with Crippen molar-refractivity contribution in [1.29, 1.82) is 5.26 Å². The largest absolute Gasteiger partial charge is 0.463 e. The highest BCUT2D eigenvalue weighted by atomic mass is 19.1. The van der Waals surface area contributed by atoms with Gasteiger partial charge in [0.25, 0.3) is 0 Å². The number of carbonyl (C=O) groups excluding carboxylic acids is 5. The molecule has 1 heterocycles. The minimum absolute atomic E-state index is 0.0599. The monoisotopic (exact) mass is 553 g/mol. The maximum absolute atomic E-state index is 14.5. The minimum Gasteiger partial charge on any atom is -0.463 e. The molecule has 1 aromatic carbocycles. The predicted molar refractivity (Wildman–Crippen MR) is 124 cm³/mol. The van der Waals surface area contributed by atoms with Crippen molar-refractivity contribution in [2.24, 2.45) is 0 Å². The second kappa shape index (κ2) is 14.6. The zero-order chi connectivity index (χ0) is 29.1. The number of rotatable bonds is 11. The van der Waals surface area contributed by atoms with Gasteiger partial charge in [0.05, 0.1) is 12.5 Å². The van der Waals surface area contributed by atoms with Crippen LogP contribution in [-0.4, -0.2) is 73.8 Å². The summed E-state index contributed by atoms with van der Waals surface area (Å²) in [5.74, 6) is -4.17. The van der Waals surface area contributed by atoms with Crippen LogP contribution in [0.1, 0.15) is 45.9 Å². The van der Waals surface area contributed by atoms with Crippen molar-refractivity contribution in [3.8, 4) is 11.8 Å². The summed E-state index contributed by atoms with van der Waals surface area (Å²) in [4.78, 5) is 58.8. The van der Waals surface area contributed by atoms with E-state index in [-0.39, 0.29) is 24.3 Å². The number of esters is 5. The normalized spacial score (nSPS) is 22.8. The van der Waals surface area contributed by atoms with Gasteiger partial charge in [0.2, 0.25) is 18.6 Å². The summed E-state index contributed by atoms with van der Waals surface area (Å²) in [5.41, 5.74) is -0.0640. The lowest BCUT2D eigenvalue weighted by Gasteiger charge is -2.43. The molecule has 1 aromatic rings. The molecule has 212 valence electrons. The number of benzene rings is 1. The number of nitriles is 1. The highest BCUT2D eigenvalue weighted by molar-refractivity contribution is 5.76. The van der Waals surface area contributed by atoms with Gasteiger partial charge in [-0.25, -0.2) is 9.18 Å². The van der Waals surface area contributed by atoms with E-state index in [9.17, 15) is 28.4 Å². The van der Waals surface area contributed by atoms with Crippen LogP contribution >= 0.6 is 0 Å². The summed E-state index contributed by atoms with van der Waals surface area (Å²) >= 11 is 0. The average Bonchev–Trinajstić information content (AvgIpc) is 2.85. The van der Waals surface area contributed by atoms with Crippen molar-refractivity contribution in [3.63, 3.8) is 0 Å². The number of hydrogen-bond donors (Lipinski definition) is 0. The quantitative estimate of drug-likeness (QED) is 0.220.